The van der Waals surface area contributed by atoms with Crippen molar-refractivity contribution < 1.29 is 14.9 Å². The topological polar surface area (TPSA) is 49.7 Å². The number of hydrogen-bond acceptors (Lipinski definition) is 3. The minimum atomic E-state index is 0.139. The molecule has 0 aromatic heterocycles. The van der Waals surface area contributed by atoms with E-state index >= 15 is 0 Å². The second-order valence-corrected chi connectivity index (χ2v) is 1.65. The molecular weight excluding hydrogens is 132 g/mol. The minimum absolute atomic E-state index is 0.139. The first-order valence-electron chi connectivity index (χ1n) is 3.62. The average Bonchev–Trinajstić information content (AvgIpc) is 1.91. The van der Waals surface area contributed by atoms with Gasteiger partial charge in [0.2, 0.25) is 0 Å². The number of aliphatic hydroxyl groups excluding tert-OH is 2. The van der Waals surface area contributed by atoms with Crippen LogP contribution in [0.4, 0.5) is 0 Å². The molecule has 0 aliphatic carbocycles. The van der Waals surface area contributed by atoms with Crippen LogP contribution in [0.5, 0.6) is 0 Å². The van der Waals surface area contributed by atoms with Crippen LogP contribution in [0, 0.1) is 0 Å². The molecule has 0 aromatic rings. The third-order valence-electron chi connectivity index (χ3n) is 0.584. The Morgan fingerprint density at radius 2 is 1.60 bits per heavy atom. The largest absolute Gasteiger partial charge is 0.397 e. The second kappa shape index (κ2) is 15.9. The molecule has 0 saturated heterocycles. The second-order valence-electron chi connectivity index (χ2n) is 1.65. The van der Waals surface area contributed by atoms with Crippen LogP contribution in [0.1, 0.15) is 20.3 Å². The lowest BCUT2D eigenvalue weighted by Gasteiger charge is -1.94. The van der Waals surface area contributed by atoms with E-state index in [1.54, 1.807) is 6.92 Å². The molecule has 3 heteroatoms. The smallest absolute Gasteiger partial charge is 0.0697 e. The van der Waals surface area contributed by atoms with E-state index in [1.807, 2.05) is 6.92 Å². The molecule has 0 amide bonds. The van der Waals surface area contributed by atoms with E-state index < -0.39 is 0 Å². The molecule has 0 radical (unpaired) electrons. The SMILES string of the molecule is CCCOCCO.CCO. The average molecular weight is 150 g/mol. The van der Waals surface area contributed by atoms with Gasteiger partial charge in [-0.15, -0.1) is 0 Å². The molecular formula is C7H18O3. The maximum atomic E-state index is 8.17. The quantitative estimate of drug-likeness (QED) is 0.570. The number of ether oxygens (including phenoxy) is 1. The van der Waals surface area contributed by atoms with E-state index in [2.05, 4.69) is 0 Å². The summed E-state index contributed by atoms with van der Waals surface area (Å²) in [6.45, 7) is 5.35. The highest BCUT2D eigenvalue weighted by Crippen LogP contribution is 1.76. The van der Waals surface area contributed by atoms with Crippen LogP contribution in [0.2, 0.25) is 0 Å². The number of rotatable bonds is 4. The zero-order chi connectivity index (χ0) is 8.24. The third kappa shape index (κ3) is 24.8. The lowest BCUT2D eigenvalue weighted by atomic mass is 10.5. The highest BCUT2D eigenvalue weighted by atomic mass is 16.5. The van der Waals surface area contributed by atoms with Crippen molar-refractivity contribution in [1.82, 2.24) is 0 Å². The van der Waals surface area contributed by atoms with E-state index in [0.29, 0.717) is 6.61 Å². The predicted octanol–water partition coefficient (Wildman–Crippen LogP) is 0.404. The van der Waals surface area contributed by atoms with Gasteiger partial charge in [-0.3, -0.25) is 0 Å². The van der Waals surface area contributed by atoms with Gasteiger partial charge in [0.15, 0.2) is 0 Å². The molecule has 0 rings (SSSR count). The van der Waals surface area contributed by atoms with Gasteiger partial charge in [0.05, 0.1) is 13.2 Å². The Morgan fingerprint density at radius 3 is 1.90 bits per heavy atom. The van der Waals surface area contributed by atoms with Crippen LogP contribution >= 0.6 is 0 Å². The molecule has 0 saturated carbocycles. The van der Waals surface area contributed by atoms with Gasteiger partial charge >= 0.3 is 0 Å². The van der Waals surface area contributed by atoms with Crippen LogP contribution in [0.3, 0.4) is 0 Å². The first-order chi connectivity index (χ1) is 4.83. The molecule has 2 N–H and O–H groups in total. The Kier molecular flexibility index (Phi) is 20.0. The molecule has 10 heavy (non-hydrogen) atoms. The molecule has 0 aliphatic heterocycles. The van der Waals surface area contributed by atoms with Crippen LogP contribution in [0.15, 0.2) is 0 Å². The number of aliphatic hydroxyl groups is 2. The summed E-state index contributed by atoms with van der Waals surface area (Å²) in [5, 5.41) is 15.7. The molecule has 64 valence electrons. The molecule has 0 spiro atoms. The van der Waals surface area contributed by atoms with E-state index in [0.717, 1.165) is 13.0 Å². The fourth-order valence-corrected chi connectivity index (χ4v) is 0.311. The molecule has 0 bridgehead atoms. The van der Waals surface area contributed by atoms with Crippen molar-refractivity contribution in [2.45, 2.75) is 20.3 Å². The predicted molar refractivity (Wildman–Crippen MR) is 41.0 cm³/mol. The van der Waals surface area contributed by atoms with Crippen LogP contribution in [0.25, 0.3) is 0 Å². The fraction of sp³-hybridized carbons (Fsp3) is 1.00. The van der Waals surface area contributed by atoms with Crippen LogP contribution in [-0.4, -0.2) is 36.6 Å². The van der Waals surface area contributed by atoms with Gasteiger partial charge in [0.25, 0.3) is 0 Å². The van der Waals surface area contributed by atoms with Crippen molar-refractivity contribution >= 4 is 0 Å². The van der Waals surface area contributed by atoms with E-state index in [4.69, 9.17) is 14.9 Å². The summed E-state index contributed by atoms with van der Waals surface area (Å²) in [4.78, 5) is 0. The standard InChI is InChI=1S/C5H12O2.C2H6O/c1-2-4-7-5-3-6;1-2-3/h6H,2-5H2,1H3;3H,2H2,1H3. The summed E-state index contributed by atoms with van der Waals surface area (Å²) in [5.41, 5.74) is 0. The maximum Gasteiger partial charge on any atom is 0.0697 e. The molecule has 3 nitrogen and oxygen atoms in total. The molecule has 0 atom stereocenters. The van der Waals surface area contributed by atoms with Crippen molar-refractivity contribution in [2.24, 2.45) is 0 Å². The zero-order valence-electron chi connectivity index (χ0n) is 6.84. The maximum absolute atomic E-state index is 8.17. The first kappa shape index (κ1) is 12.5. The van der Waals surface area contributed by atoms with Gasteiger partial charge in [-0.1, -0.05) is 6.92 Å². The monoisotopic (exact) mass is 150 g/mol. The van der Waals surface area contributed by atoms with Crippen LogP contribution < -0.4 is 0 Å². The van der Waals surface area contributed by atoms with E-state index in [-0.39, 0.29) is 13.2 Å². The van der Waals surface area contributed by atoms with Gasteiger partial charge in [-0.25, -0.2) is 0 Å². The Balaban J connectivity index is 0. The zero-order valence-corrected chi connectivity index (χ0v) is 6.84. The van der Waals surface area contributed by atoms with Crippen molar-refractivity contribution in [3.05, 3.63) is 0 Å². The van der Waals surface area contributed by atoms with Gasteiger partial charge < -0.3 is 14.9 Å². The van der Waals surface area contributed by atoms with E-state index in [9.17, 15) is 0 Å². The Bertz CT molecular complexity index is 35.8. The normalized spacial score (nSPS) is 8.40. The molecule has 0 aromatic carbocycles. The lowest BCUT2D eigenvalue weighted by Crippen LogP contribution is -1.98. The summed E-state index contributed by atoms with van der Waals surface area (Å²) in [6.07, 6.45) is 1.03. The van der Waals surface area contributed by atoms with Crippen LogP contribution in [-0.2, 0) is 4.74 Å². The Morgan fingerprint density at radius 1 is 1.10 bits per heavy atom. The van der Waals surface area contributed by atoms with Gasteiger partial charge in [-0.2, -0.15) is 0 Å². The minimum Gasteiger partial charge on any atom is -0.397 e. The third-order valence-corrected chi connectivity index (χ3v) is 0.584. The Labute approximate surface area is 62.6 Å². The highest BCUT2D eigenvalue weighted by molar-refractivity contribution is 4.24. The summed E-state index contributed by atoms with van der Waals surface area (Å²) in [6, 6.07) is 0. The van der Waals surface area contributed by atoms with Crippen molar-refractivity contribution in [1.29, 1.82) is 0 Å². The van der Waals surface area contributed by atoms with Crippen molar-refractivity contribution in [3.8, 4) is 0 Å². The summed E-state index contributed by atoms with van der Waals surface area (Å²) >= 11 is 0. The highest BCUT2D eigenvalue weighted by Gasteiger charge is 1.78. The number of hydrogen-bond donors (Lipinski definition) is 2. The van der Waals surface area contributed by atoms with Gasteiger partial charge in [0.1, 0.15) is 0 Å². The van der Waals surface area contributed by atoms with Gasteiger partial charge in [-0.05, 0) is 13.3 Å². The first-order valence-corrected chi connectivity index (χ1v) is 3.62. The van der Waals surface area contributed by atoms with Crippen molar-refractivity contribution in [3.63, 3.8) is 0 Å². The molecule has 0 fully saturated rings. The van der Waals surface area contributed by atoms with Gasteiger partial charge in [0, 0.05) is 13.2 Å². The Hall–Kier alpha value is -0.120. The lowest BCUT2D eigenvalue weighted by molar-refractivity contribution is 0.0928. The summed E-state index contributed by atoms with van der Waals surface area (Å²) in [7, 11) is 0. The summed E-state index contributed by atoms with van der Waals surface area (Å²) < 4.78 is 4.88. The van der Waals surface area contributed by atoms with Crippen molar-refractivity contribution in [2.75, 3.05) is 26.4 Å². The summed E-state index contributed by atoms with van der Waals surface area (Å²) in [5.74, 6) is 0. The van der Waals surface area contributed by atoms with E-state index in [1.165, 1.54) is 0 Å². The molecule has 0 unspecified atom stereocenters. The fourth-order valence-electron chi connectivity index (χ4n) is 0.311. The molecule has 0 heterocycles. The molecule has 0 aliphatic rings.